The van der Waals surface area contributed by atoms with Crippen LogP contribution in [-0.4, -0.2) is 56.2 Å². The number of fused-ring (bicyclic) bond motifs is 1. The first-order valence-electron chi connectivity index (χ1n) is 11.7. The zero-order valence-corrected chi connectivity index (χ0v) is 22.4. The van der Waals surface area contributed by atoms with Gasteiger partial charge in [-0.25, -0.2) is 5.01 Å². The number of thioether (sulfide) groups is 1. The summed E-state index contributed by atoms with van der Waals surface area (Å²) in [6.07, 6.45) is 0.549. The molecule has 1 unspecified atom stereocenters. The van der Waals surface area contributed by atoms with E-state index in [1.54, 1.807) is 30.0 Å². The van der Waals surface area contributed by atoms with Crippen molar-refractivity contribution in [3.63, 3.8) is 0 Å². The van der Waals surface area contributed by atoms with Crippen LogP contribution in [0.4, 0.5) is 0 Å². The molecule has 4 aromatic rings. The molecule has 0 aliphatic carbocycles. The monoisotopic (exact) mass is 538 g/mol. The third-order valence-corrected chi connectivity index (χ3v) is 7.92. The van der Waals surface area contributed by atoms with Gasteiger partial charge in [-0.1, -0.05) is 43.8 Å². The maximum Gasteiger partial charge on any atom is 0.253 e. The first kappa shape index (κ1) is 25.0. The van der Waals surface area contributed by atoms with E-state index in [2.05, 4.69) is 15.2 Å². The Bertz CT molecular complexity index is 1530. The Balaban J connectivity index is 1.46. The molecule has 0 saturated carbocycles. The highest BCUT2D eigenvalue weighted by Gasteiger charge is 2.36. The van der Waals surface area contributed by atoms with Crippen molar-refractivity contribution in [1.29, 1.82) is 0 Å². The smallest absolute Gasteiger partial charge is 0.253 e. The van der Waals surface area contributed by atoms with E-state index in [1.807, 2.05) is 49.6 Å². The number of carbonyl (C=O) groups excluding carboxylic acids is 1. The highest BCUT2D eigenvalue weighted by molar-refractivity contribution is 7.99. The molecule has 4 heterocycles. The molecule has 1 atom stereocenters. The molecule has 1 aromatic carbocycles. The predicted octanol–water partition coefficient (Wildman–Crippen LogP) is 4.09. The number of methoxy groups -OCH3 is 2. The molecule has 10 nitrogen and oxygen atoms in total. The van der Waals surface area contributed by atoms with Gasteiger partial charge in [0, 0.05) is 23.7 Å². The van der Waals surface area contributed by atoms with Gasteiger partial charge in [0.15, 0.2) is 16.7 Å². The Hall–Kier alpha value is -3.64. The van der Waals surface area contributed by atoms with E-state index in [0.29, 0.717) is 28.9 Å². The largest absolute Gasteiger partial charge is 0.493 e. The molecule has 1 aliphatic heterocycles. The van der Waals surface area contributed by atoms with Crippen molar-refractivity contribution in [3.05, 3.63) is 68.3 Å². The summed E-state index contributed by atoms with van der Waals surface area (Å²) >= 11 is 2.84. The summed E-state index contributed by atoms with van der Waals surface area (Å²) in [6, 6.07) is 10.8. The Morgan fingerprint density at radius 2 is 2.05 bits per heavy atom. The minimum absolute atomic E-state index is 0.0669. The van der Waals surface area contributed by atoms with Crippen LogP contribution in [0.15, 0.2) is 56.8 Å². The summed E-state index contributed by atoms with van der Waals surface area (Å²) in [5, 5.41) is 17.1. The lowest BCUT2D eigenvalue weighted by atomic mass is 9.99. The van der Waals surface area contributed by atoms with Crippen molar-refractivity contribution >= 4 is 40.5 Å². The molecular formula is C25H26N6O4S2. The van der Waals surface area contributed by atoms with Gasteiger partial charge in [-0.05, 0) is 23.4 Å². The van der Waals surface area contributed by atoms with Gasteiger partial charge < -0.3 is 9.47 Å². The van der Waals surface area contributed by atoms with Crippen LogP contribution in [0.25, 0.3) is 5.78 Å². The number of aromatic amines is 1. The van der Waals surface area contributed by atoms with E-state index < -0.39 is 0 Å². The maximum atomic E-state index is 13.6. The molecule has 1 amide bonds. The van der Waals surface area contributed by atoms with Gasteiger partial charge in [0.2, 0.25) is 5.78 Å². The lowest BCUT2D eigenvalue weighted by Gasteiger charge is -2.24. The number of amides is 1. The molecule has 0 fully saturated rings. The van der Waals surface area contributed by atoms with Crippen molar-refractivity contribution in [2.75, 3.05) is 20.0 Å². The van der Waals surface area contributed by atoms with Crippen LogP contribution in [0.3, 0.4) is 0 Å². The molecule has 0 saturated heterocycles. The van der Waals surface area contributed by atoms with E-state index in [-0.39, 0.29) is 29.2 Å². The fourth-order valence-corrected chi connectivity index (χ4v) is 5.91. The first-order valence-corrected chi connectivity index (χ1v) is 13.5. The number of aromatic nitrogens is 4. The van der Waals surface area contributed by atoms with Gasteiger partial charge in [-0.2, -0.15) is 5.10 Å². The highest BCUT2D eigenvalue weighted by Crippen LogP contribution is 2.42. The molecule has 192 valence electrons. The summed E-state index contributed by atoms with van der Waals surface area (Å²) in [6.45, 7) is 3.98. The number of H-pyrrole nitrogens is 1. The maximum absolute atomic E-state index is 13.6. The summed E-state index contributed by atoms with van der Waals surface area (Å²) in [5.74, 6) is 1.50. The summed E-state index contributed by atoms with van der Waals surface area (Å²) in [4.78, 5) is 29.4. The van der Waals surface area contributed by atoms with Crippen molar-refractivity contribution in [3.8, 4) is 11.5 Å². The average Bonchev–Trinajstić information content (AvgIpc) is 3.65. The Kier molecular flexibility index (Phi) is 7.02. The molecule has 0 radical (unpaired) electrons. The summed E-state index contributed by atoms with van der Waals surface area (Å²) < 4.78 is 13.0. The van der Waals surface area contributed by atoms with Crippen molar-refractivity contribution < 1.29 is 14.3 Å². The number of benzene rings is 1. The lowest BCUT2D eigenvalue weighted by molar-refractivity contribution is -0.130. The number of hydrazone groups is 1. The normalized spacial score (nSPS) is 15.4. The van der Waals surface area contributed by atoms with Gasteiger partial charge in [0.05, 0.1) is 36.6 Å². The van der Waals surface area contributed by atoms with Crippen molar-refractivity contribution in [1.82, 2.24) is 24.6 Å². The number of ether oxygens (including phenoxy) is 2. The molecule has 5 rings (SSSR count). The lowest BCUT2D eigenvalue weighted by Crippen LogP contribution is -2.29. The zero-order valence-electron chi connectivity index (χ0n) is 20.8. The number of nitrogens with one attached hydrogen (secondary N) is 1. The minimum Gasteiger partial charge on any atom is -0.493 e. The Labute approximate surface area is 221 Å². The Morgan fingerprint density at radius 1 is 1.22 bits per heavy atom. The standard InChI is InChI=1S/C25H26N6O4S2/c1-14(2)17-12-21(32)26-24-27-28-25(30(17)24)37-13-22(33)31-18(11-16(29-31)20-9-6-10-36-20)15-7-5-8-19(34-3)23(15)35-4/h5-10,12,14,18H,11,13H2,1-4H3,(H,26,27,32). The third-order valence-electron chi connectivity index (χ3n) is 6.09. The van der Waals surface area contributed by atoms with E-state index in [1.165, 1.54) is 22.8 Å². The number of carbonyl (C=O) groups is 1. The zero-order chi connectivity index (χ0) is 26.1. The SMILES string of the molecule is COc1cccc(C2CC(c3cccs3)=NN2C(=O)CSc2nnc3[nH]c(=O)cc(C(C)C)n23)c1OC. The van der Waals surface area contributed by atoms with Gasteiger partial charge in [-0.15, -0.1) is 21.5 Å². The molecular weight excluding hydrogens is 512 g/mol. The van der Waals surface area contributed by atoms with Gasteiger partial charge >= 0.3 is 0 Å². The highest BCUT2D eigenvalue weighted by atomic mass is 32.2. The van der Waals surface area contributed by atoms with E-state index in [0.717, 1.165) is 21.8 Å². The molecule has 1 N–H and O–H groups in total. The first-order chi connectivity index (χ1) is 17.9. The Morgan fingerprint density at radius 3 is 2.76 bits per heavy atom. The van der Waals surface area contributed by atoms with Crippen molar-refractivity contribution in [2.24, 2.45) is 5.10 Å². The van der Waals surface area contributed by atoms with E-state index in [4.69, 9.17) is 14.6 Å². The molecule has 12 heteroatoms. The van der Waals surface area contributed by atoms with E-state index in [9.17, 15) is 9.59 Å². The van der Waals surface area contributed by atoms with Crippen LogP contribution in [0, 0.1) is 0 Å². The fourth-order valence-electron chi connectivity index (χ4n) is 4.39. The van der Waals surface area contributed by atoms with Gasteiger partial charge in [0.1, 0.15) is 0 Å². The van der Waals surface area contributed by atoms with Crippen LogP contribution in [0.2, 0.25) is 0 Å². The van der Waals surface area contributed by atoms with Crippen LogP contribution < -0.4 is 15.0 Å². The molecule has 37 heavy (non-hydrogen) atoms. The number of para-hydroxylation sites is 1. The van der Waals surface area contributed by atoms with Crippen LogP contribution in [-0.2, 0) is 4.79 Å². The van der Waals surface area contributed by atoms with Gasteiger partial charge in [-0.3, -0.25) is 19.0 Å². The number of thiophene rings is 1. The molecule has 0 bridgehead atoms. The van der Waals surface area contributed by atoms with Crippen LogP contribution >= 0.6 is 23.1 Å². The van der Waals surface area contributed by atoms with Gasteiger partial charge in [0.25, 0.3) is 11.5 Å². The number of nitrogens with zero attached hydrogens (tertiary/aromatic N) is 5. The quantitative estimate of drug-likeness (QED) is 0.336. The molecule has 3 aromatic heterocycles. The molecule has 0 spiro atoms. The third kappa shape index (κ3) is 4.74. The van der Waals surface area contributed by atoms with Crippen LogP contribution in [0.5, 0.6) is 11.5 Å². The van der Waals surface area contributed by atoms with E-state index >= 15 is 0 Å². The predicted molar refractivity (Wildman–Crippen MR) is 143 cm³/mol. The van der Waals surface area contributed by atoms with Crippen LogP contribution in [0.1, 0.15) is 48.4 Å². The number of hydrogen-bond acceptors (Lipinski definition) is 9. The summed E-state index contributed by atoms with van der Waals surface area (Å²) in [5.41, 5.74) is 2.20. The van der Waals surface area contributed by atoms with Crippen molar-refractivity contribution in [2.45, 2.75) is 37.4 Å². The topological polar surface area (TPSA) is 114 Å². The summed E-state index contributed by atoms with van der Waals surface area (Å²) in [7, 11) is 3.18. The number of hydrogen-bond donors (Lipinski definition) is 1. The minimum atomic E-state index is -0.354. The second-order valence-corrected chi connectivity index (χ2v) is 10.6. The molecule has 1 aliphatic rings. The fraction of sp³-hybridized carbons (Fsp3) is 0.320. The number of rotatable bonds is 8. The second kappa shape index (κ2) is 10.4. The second-order valence-electron chi connectivity index (χ2n) is 8.71. The average molecular weight is 539 g/mol.